The molecule has 1 aliphatic rings. The molecule has 0 bridgehead atoms. The molecule has 0 aliphatic heterocycles. The number of carbonyl (C=O) groups excluding carboxylic acids is 1. The second-order valence-electron chi connectivity index (χ2n) is 4.13. The van der Waals surface area contributed by atoms with Gasteiger partial charge in [-0.05, 0) is 47.3 Å². The summed E-state index contributed by atoms with van der Waals surface area (Å²) in [5.41, 5.74) is 0.432. The van der Waals surface area contributed by atoms with Gasteiger partial charge in [-0.3, -0.25) is 4.79 Å². The van der Waals surface area contributed by atoms with E-state index in [1.807, 2.05) is 0 Å². The van der Waals surface area contributed by atoms with E-state index in [1.165, 1.54) is 0 Å². The minimum Gasteiger partial charge on any atom is -0.379 e. The summed E-state index contributed by atoms with van der Waals surface area (Å²) in [6.45, 7) is 0. The van der Waals surface area contributed by atoms with Gasteiger partial charge >= 0.3 is 0 Å². The lowest BCUT2D eigenvalue weighted by molar-refractivity contribution is 0.0719. The van der Waals surface area contributed by atoms with Crippen molar-refractivity contribution >= 4 is 21.8 Å². The fraction of sp³-hybridized carbons (Fsp3) is 0.500. The summed E-state index contributed by atoms with van der Waals surface area (Å²) in [6, 6.07) is 5.41. The van der Waals surface area contributed by atoms with Gasteiger partial charge in [0.25, 0.3) is 5.91 Å². The van der Waals surface area contributed by atoms with Crippen LogP contribution in [0, 0.1) is 0 Å². The Bertz CT molecular complexity index is 411. The summed E-state index contributed by atoms with van der Waals surface area (Å²) in [5.74, 6) is -0.139. The van der Waals surface area contributed by atoms with Crippen LogP contribution in [0.3, 0.4) is 0 Å². The van der Waals surface area contributed by atoms with Gasteiger partial charge in [0.2, 0.25) is 0 Å². The van der Waals surface area contributed by atoms with E-state index >= 15 is 0 Å². The smallest absolute Gasteiger partial charge is 0.270 e. The van der Waals surface area contributed by atoms with Crippen LogP contribution < -0.4 is 5.32 Å². The van der Waals surface area contributed by atoms with Crippen molar-refractivity contribution in [3.05, 3.63) is 28.5 Å². The SMILES string of the molecule is COC1CCCC1NC(=O)c1cccc(Br)n1. The van der Waals surface area contributed by atoms with Gasteiger partial charge in [-0.15, -0.1) is 0 Å². The highest BCUT2D eigenvalue weighted by atomic mass is 79.9. The number of nitrogens with one attached hydrogen (secondary N) is 1. The molecule has 0 radical (unpaired) electrons. The van der Waals surface area contributed by atoms with Crippen LogP contribution in [0.15, 0.2) is 22.8 Å². The summed E-state index contributed by atoms with van der Waals surface area (Å²) in [4.78, 5) is 16.1. The van der Waals surface area contributed by atoms with Crippen LogP contribution in [0.5, 0.6) is 0 Å². The zero-order valence-electron chi connectivity index (χ0n) is 9.65. The quantitative estimate of drug-likeness (QED) is 0.870. The molecule has 17 heavy (non-hydrogen) atoms. The molecule has 92 valence electrons. The van der Waals surface area contributed by atoms with Crippen LogP contribution in [0.4, 0.5) is 0 Å². The molecule has 2 rings (SSSR count). The van der Waals surface area contributed by atoms with Crippen LogP contribution in [0.2, 0.25) is 0 Å². The number of amides is 1. The first-order valence-corrected chi connectivity index (χ1v) is 6.46. The lowest BCUT2D eigenvalue weighted by Gasteiger charge is -2.19. The van der Waals surface area contributed by atoms with Gasteiger partial charge < -0.3 is 10.1 Å². The zero-order valence-corrected chi connectivity index (χ0v) is 11.2. The maximum atomic E-state index is 12.0. The van der Waals surface area contributed by atoms with Gasteiger partial charge in [0, 0.05) is 7.11 Å². The van der Waals surface area contributed by atoms with Gasteiger partial charge in [0.05, 0.1) is 12.1 Å². The minimum atomic E-state index is -0.139. The lowest BCUT2D eigenvalue weighted by atomic mass is 10.2. The highest BCUT2D eigenvalue weighted by Crippen LogP contribution is 2.21. The summed E-state index contributed by atoms with van der Waals surface area (Å²) in [5, 5.41) is 2.98. The molecule has 1 aliphatic carbocycles. The first-order valence-electron chi connectivity index (χ1n) is 5.67. The van der Waals surface area contributed by atoms with E-state index in [2.05, 4.69) is 26.2 Å². The van der Waals surface area contributed by atoms with E-state index in [4.69, 9.17) is 4.74 Å². The van der Waals surface area contributed by atoms with E-state index in [1.54, 1.807) is 25.3 Å². The Kier molecular flexibility index (Phi) is 4.12. The molecule has 0 saturated heterocycles. The molecule has 4 nitrogen and oxygen atoms in total. The summed E-state index contributed by atoms with van der Waals surface area (Å²) >= 11 is 3.25. The number of hydrogen-bond donors (Lipinski definition) is 1. The number of aromatic nitrogens is 1. The molecule has 0 aromatic carbocycles. The van der Waals surface area contributed by atoms with Crippen molar-refractivity contribution < 1.29 is 9.53 Å². The third kappa shape index (κ3) is 3.04. The predicted molar refractivity (Wildman–Crippen MR) is 67.8 cm³/mol. The Morgan fingerprint density at radius 3 is 3.06 bits per heavy atom. The molecule has 1 amide bonds. The first-order chi connectivity index (χ1) is 8.20. The van der Waals surface area contributed by atoms with Gasteiger partial charge in [-0.2, -0.15) is 0 Å². The van der Waals surface area contributed by atoms with Crippen molar-refractivity contribution in [1.82, 2.24) is 10.3 Å². The second kappa shape index (κ2) is 5.60. The van der Waals surface area contributed by atoms with Crippen LogP contribution >= 0.6 is 15.9 Å². The minimum absolute atomic E-state index is 0.105. The highest BCUT2D eigenvalue weighted by molar-refractivity contribution is 9.10. The number of carbonyl (C=O) groups is 1. The van der Waals surface area contributed by atoms with Gasteiger partial charge in [-0.25, -0.2) is 4.98 Å². The number of rotatable bonds is 3. The zero-order chi connectivity index (χ0) is 12.3. The third-order valence-corrected chi connectivity index (χ3v) is 3.46. The lowest BCUT2D eigenvalue weighted by Crippen LogP contribution is -2.41. The van der Waals surface area contributed by atoms with Gasteiger partial charge in [-0.1, -0.05) is 6.07 Å². The molecule has 1 aromatic rings. The van der Waals surface area contributed by atoms with E-state index in [-0.39, 0.29) is 18.1 Å². The molecule has 1 aromatic heterocycles. The Morgan fingerprint density at radius 1 is 1.53 bits per heavy atom. The van der Waals surface area contributed by atoms with E-state index in [0.717, 1.165) is 19.3 Å². The van der Waals surface area contributed by atoms with Crippen molar-refractivity contribution in [3.63, 3.8) is 0 Å². The number of halogens is 1. The van der Waals surface area contributed by atoms with Crippen LogP contribution in [0.25, 0.3) is 0 Å². The molecule has 1 heterocycles. The molecular weight excluding hydrogens is 284 g/mol. The Labute approximate surface area is 109 Å². The molecule has 2 atom stereocenters. The van der Waals surface area contributed by atoms with Crippen molar-refractivity contribution in [2.75, 3.05) is 7.11 Å². The average Bonchev–Trinajstić information content (AvgIpc) is 2.76. The standard InChI is InChI=1S/C12H15BrN2O2/c1-17-10-6-2-4-8(10)15-12(16)9-5-3-7-11(13)14-9/h3,5,7-8,10H,2,4,6H2,1H3,(H,15,16). The van der Waals surface area contributed by atoms with Crippen molar-refractivity contribution in [3.8, 4) is 0 Å². The second-order valence-corrected chi connectivity index (χ2v) is 4.94. The maximum absolute atomic E-state index is 12.0. The predicted octanol–water partition coefficient (Wildman–Crippen LogP) is 2.14. The highest BCUT2D eigenvalue weighted by Gasteiger charge is 2.28. The fourth-order valence-corrected chi connectivity index (χ4v) is 2.49. The first kappa shape index (κ1) is 12.5. The molecule has 0 spiro atoms. The molecular formula is C12H15BrN2O2. The monoisotopic (exact) mass is 298 g/mol. The molecule has 2 unspecified atom stereocenters. The average molecular weight is 299 g/mol. The molecule has 5 heteroatoms. The third-order valence-electron chi connectivity index (χ3n) is 3.02. The fourth-order valence-electron chi connectivity index (χ4n) is 2.15. The summed E-state index contributed by atoms with van der Waals surface area (Å²) in [7, 11) is 1.69. The van der Waals surface area contributed by atoms with Crippen molar-refractivity contribution in [1.29, 1.82) is 0 Å². The number of methoxy groups -OCH3 is 1. The summed E-state index contributed by atoms with van der Waals surface area (Å²) < 4.78 is 6.01. The number of pyridine rings is 1. The number of ether oxygens (including phenoxy) is 1. The molecule has 1 saturated carbocycles. The Balaban J connectivity index is 2.01. The normalized spacial score (nSPS) is 23.6. The van der Waals surface area contributed by atoms with E-state index in [9.17, 15) is 4.79 Å². The van der Waals surface area contributed by atoms with Gasteiger partial charge in [0.1, 0.15) is 10.3 Å². The van der Waals surface area contributed by atoms with Crippen LogP contribution in [-0.4, -0.2) is 30.1 Å². The topological polar surface area (TPSA) is 51.2 Å². The Hall–Kier alpha value is -0.940. The largest absolute Gasteiger partial charge is 0.379 e. The van der Waals surface area contributed by atoms with Crippen LogP contribution in [0.1, 0.15) is 29.8 Å². The maximum Gasteiger partial charge on any atom is 0.270 e. The Morgan fingerprint density at radius 2 is 2.35 bits per heavy atom. The van der Waals surface area contributed by atoms with Crippen molar-refractivity contribution in [2.45, 2.75) is 31.4 Å². The number of nitrogens with zero attached hydrogens (tertiary/aromatic N) is 1. The summed E-state index contributed by atoms with van der Waals surface area (Å²) in [6.07, 6.45) is 3.20. The van der Waals surface area contributed by atoms with E-state index < -0.39 is 0 Å². The van der Waals surface area contributed by atoms with Gasteiger partial charge in [0.15, 0.2) is 0 Å². The number of hydrogen-bond acceptors (Lipinski definition) is 3. The molecule has 1 fully saturated rings. The van der Waals surface area contributed by atoms with Crippen LogP contribution in [-0.2, 0) is 4.74 Å². The van der Waals surface area contributed by atoms with E-state index in [0.29, 0.717) is 10.3 Å². The van der Waals surface area contributed by atoms with Crippen molar-refractivity contribution in [2.24, 2.45) is 0 Å². The molecule has 1 N–H and O–H groups in total.